The summed E-state index contributed by atoms with van der Waals surface area (Å²) in [5.74, 6) is -0.584. The Morgan fingerprint density at radius 1 is 1.32 bits per heavy atom. The van der Waals surface area contributed by atoms with Gasteiger partial charge in [-0.1, -0.05) is 13.8 Å². The number of hydrogen-bond acceptors (Lipinski definition) is 4. The average Bonchev–Trinajstić information content (AvgIpc) is 2.27. The van der Waals surface area contributed by atoms with Crippen molar-refractivity contribution in [3.05, 3.63) is 23.4 Å². The molecule has 6 heteroatoms. The molecule has 1 rings (SSSR count). The lowest BCUT2D eigenvalue weighted by atomic mass is 10.0. The molecule has 0 bridgehead atoms. The maximum absolute atomic E-state index is 12.1. The second-order valence-electron chi connectivity index (χ2n) is 5.30. The molecular formula is C13H20N4O2. The molecule has 2 amide bonds. The number of aromatic nitrogens is 1. The Bertz CT molecular complexity index is 509. The van der Waals surface area contributed by atoms with E-state index in [2.05, 4.69) is 10.3 Å². The van der Waals surface area contributed by atoms with Crippen LogP contribution in [0.1, 0.15) is 49.7 Å². The van der Waals surface area contributed by atoms with Crippen LogP contribution in [0.2, 0.25) is 0 Å². The summed E-state index contributed by atoms with van der Waals surface area (Å²) in [5, 5.41) is 2.57. The molecular weight excluding hydrogens is 244 g/mol. The first-order chi connectivity index (χ1) is 8.63. The molecule has 0 aromatic carbocycles. The molecule has 19 heavy (non-hydrogen) atoms. The predicted molar refractivity (Wildman–Crippen MR) is 73.5 cm³/mol. The van der Waals surface area contributed by atoms with Crippen LogP contribution in [-0.4, -0.2) is 22.3 Å². The summed E-state index contributed by atoms with van der Waals surface area (Å²) < 4.78 is 0. The first-order valence-corrected chi connectivity index (χ1v) is 6.03. The molecule has 5 N–H and O–H groups in total. The van der Waals surface area contributed by atoms with Crippen molar-refractivity contribution in [3.63, 3.8) is 0 Å². The first kappa shape index (κ1) is 14.9. The van der Waals surface area contributed by atoms with Crippen LogP contribution < -0.4 is 16.8 Å². The van der Waals surface area contributed by atoms with Crippen LogP contribution in [0.5, 0.6) is 0 Å². The number of primary amides is 1. The molecule has 1 heterocycles. The number of nitrogens with two attached hydrogens (primary N) is 2. The third-order valence-corrected chi connectivity index (χ3v) is 2.76. The van der Waals surface area contributed by atoms with E-state index in [1.165, 1.54) is 6.07 Å². The molecule has 104 valence electrons. The zero-order chi connectivity index (χ0) is 14.8. The molecule has 0 saturated heterocycles. The van der Waals surface area contributed by atoms with Crippen molar-refractivity contribution < 1.29 is 9.59 Å². The number of hydrogen-bond donors (Lipinski definition) is 3. The fourth-order valence-corrected chi connectivity index (χ4v) is 1.42. The summed E-state index contributed by atoms with van der Waals surface area (Å²) in [5.41, 5.74) is 10.9. The van der Waals surface area contributed by atoms with Crippen LogP contribution in [0.3, 0.4) is 0 Å². The van der Waals surface area contributed by atoms with E-state index in [0.29, 0.717) is 5.56 Å². The Morgan fingerprint density at radius 2 is 1.89 bits per heavy atom. The van der Waals surface area contributed by atoms with E-state index in [-0.39, 0.29) is 11.7 Å². The quantitative estimate of drug-likeness (QED) is 0.746. The third kappa shape index (κ3) is 3.67. The Hall–Kier alpha value is -2.11. The van der Waals surface area contributed by atoms with Gasteiger partial charge < -0.3 is 16.8 Å². The average molecular weight is 264 g/mol. The SMILES string of the molecule is CC(C)c1cc(C(=O)NC(C)(C)C(N)=O)cc(N)n1. The van der Waals surface area contributed by atoms with Crippen LogP contribution >= 0.6 is 0 Å². The summed E-state index contributed by atoms with van der Waals surface area (Å²) in [6, 6.07) is 3.13. The molecule has 0 atom stereocenters. The zero-order valence-electron chi connectivity index (χ0n) is 11.7. The number of carbonyl (C=O) groups excluding carboxylic acids is 2. The lowest BCUT2D eigenvalue weighted by molar-refractivity contribution is -0.122. The van der Waals surface area contributed by atoms with Crippen molar-refractivity contribution in [2.75, 3.05) is 5.73 Å². The van der Waals surface area contributed by atoms with Gasteiger partial charge >= 0.3 is 0 Å². The number of rotatable bonds is 4. The second-order valence-corrected chi connectivity index (χ2v) is 5.30. The minimum atomic E-state index is -1.12. The highest BCUT2D eigenvalue weighted by molar-refractivity contribution is 5.99. The van der Waals surface area contributed by atoms with E-state index < -0.39 is 17.4 Å². The van der Waals surface area contributed by atoms with Gasteiger partial charge in [0.2, 0.25) is 5.91 Å². The Balaban J connectivity index is 3.04. The van der Waals surface area contributed by atoms with Gasteiger partial charge in [0.25, 0.3) is 5.91 Å². The number of carbonyl (C=O) groups is 2. The van der Waals surface area contributed by atoms with Crippen molar-refractivity contribution in [2.45, 2.75) is 39.2 Å². The molecule has 1 aromatic heterocycles. The number of nitrogens with one attached hydrogen (secondary N) is 1. The van der Waals surface area contributed by atoms with Gasteiger partial charge in [0.15, 0.2) is 0 Å². The van der Waals surface area contributed by atoms with Crippen molar-refractivity contribution in [1.82, 2.24) is 10.3 Å². The number of anilines is 1. The van der Waals surface area contributed by atoms with Crippen molar-refractivity contribution >= 4 is 17.6 Å². The fourth-order valence-electron chi connectivity index (χ4n) is 1.42. The summed E-state index contributed by atoms with van der Waals surface area (Å²) >= 11 is 0. The van der Waals surface area contributed by atoms with Crippen LogP contribution in [0.25, 0.3) is 0 Å². The van der Waals surface area contributed by atoms with Gasteiger partial charge in [0, 0.05) is 11.3 Å². The summed E-state index contributed by atoms with van der Waals surface area (Å²) in [4.78, 5) is 27.4. The van der Waals surface area contributed by atoms with Gasteiger partial charge in [0.1, 0.15) is 11.4 Å². The minimum Gasteiger partial charge on any atom is -0.384 e. The molecule has 0 aliphatic heterocycles. The fraction of sp³-hybridized carbons (Fsp3) is 0.462. The first-order valence-electron chi connectivity index (χ1n) is 6.03. The largest absolute Gasteiger partial charge is 0.384 e. The predicted octanol–water partition coefficient (Wildman–Crippen LogP) is 0.781. The molecule has 1 aromatic rings. The molecule has 0 spiro atoms. The van der Waals surface area contributed by atoms with E-state index in [0.717, 1.165) is 5.69 Å². The highest BCUT2D eigenvalue weighted by Gasteiger charge is 2.27. The Morgan fingerprint density at radius 3 is 2.37 bits per heavy atom. The zero-order valence-corrected chi connectivity index (χ0v) is 11.7. The normalized spacial score (nSPS) is 11.4. The van der Waals surface area contributed by atoms with Crippen LogP contribution in [-0.2, 0) is 4.79 Å². The molecule has 0 radical (unpaired) electrons. The van der Waals surface area contributed by atoms with E-state index in [1.54, 1.807) is 19.9 Å². The Labute approximate surface area is 112 Å². The summed E-state index contributed by atoms with van der Waals surface area (Å²) in [6.45, 7) is 7.00. The van der Waals surface area contributed by atoms with Crippen LogP contribution in [0, 0.1) is 0 Å². The smallest absolute Gasteiger partial charge is 0.252 e. The molecule has 0 fully saturated rings. The maximum Gasteiger partial charge on any atom is 0.252 e. The topological polar surface area (TPSA) is 111 Å². The van der Waals surface area contributed by atoms with Crippen LogP contribution in [0.4, 0.5) is 5.82 Å². The highest BCUT2D eigenvalue weighted by Crippen LogP contribution is 2.16. The van der Waals surface area contributed by atoms with Crippen molar-refractivity contribution in [1.29, 1.82) is 0 Å². The van der Waals surface area contributed by atoms with Gasteiger partial charge in [-0.05, 0) is 31.9 Å². The van der Waals surface area contributed by atoms with E-state index in [1.807, 2.05) is 13.8 Å². The number of nitrogen functional groups attached to an aromatic ring is 1. The Kier molecular flexibility index (Phi) is 4.14. The number of amides is 2. The lowest BCUT2D eigenvalue weighted by Gasteiger charge is -2.22. The standard InChI is InChI=1S/C13H20N4O2/c1-7(2)9-5-8(6-10(14)16-9)11(18)17-13(3,4)12(15)19/h5-7H,1-4H3,(H2,14,16)(H2,15,19)(H,17,18). The molecule has 0 aliphatic rings. The van der Waals surface area contributed by atoms with Crippen LogP contribution in [0.15, 0.2) is 12.1 Å². The number of pyridine rings is 1. The van der Waals surface area contributed by atoms with E-state index in [9.17, 15) is 9.59 Å². The molecule has 6 nitrogen and oxygen atoms in total. The van der Waals surface area contributed by atoms with Crippen molar-refractivity contribution in [2.24, 2.45) is 5.73 Å². The van der Waals surface area contributed by atoms with Gasteiger partial charge in [-0.15, -0.1) is 0 Å². The maximum atomic E-state index is 12.1. The summed E-state index contributed by atoms with van der Waals surface area (Å²) in [7, 11) is 0. The number of nitrogens with zero attached hydrogens (tertiary/aromatic N) is 1. The monoisotopic (exact) mass is 264 g/mol. The minimum absolute atomic E-state index is 0.152. The van der Waals surface area contributed by atoms with E-state index >= 15 is 0 Å². The lowest BCUT2D eigenvalue weighted by Crippen LogP contribution is -2.53. The van der Waals surface area contributed by atoms with Gasteiger partial charge in [-0.25, -0.2) is 4.98 Å². The molecule has 0 unspecified atom stereocenters. The van der Waals surface area contributed by atoms with Crippen molar-refractivity contribution in [3.8, 4) is 0 Å². The molecule has 0 aliphatic carbocycles. The van der Waals surface area contributed by atoms with Gasteiger partial charge in [-0.3, -0.25) is 9.59 Å². The van der Waals surface area contributed by atoms with E-state index in [4.69, 9.17) is 11.5 Å². The van der Waals surface area contributed by atoms with Gasteiger partial charge in [-0.2, -0.15) is 0 Å². The van der Waals surface area contributed by atoms with Gasteiger partial charge in [0.05, 0.1) is 0 Å². The highest BCUT2D eigenvalue weighted by atomic mass is 16.2. The summed E-state index contributed by atoms with van der Waals surface area (Å²) in [6.07, 6.45) is 0. The second kappa shape index (κ2) is 5.26. The molecule has 0 saturated carbocycles. The third-order valence-electron chi connectivity index (χ3n) is 2.76.